The van der Waals surface area contributed by atoms with Crippen molar-refractivity contribution in [3.63, 3.8) is 0 Å². The minimum Gasteiger partial charge on any atom is -0.381 e. The lowest BCUT2D eigenvalue weighted by molar-refractivity contribution is -0.0950. The van der Waals surface area contributed by atoms with Crippen LogP contribution in [0.25, 0.3) is 0 Å². The van der Waals surface area contributed by atoms with Crippen LogP contribution in [0.4, 0.5) is 0 Å². The Bertz CT molecular complexity index is 542. The van der Waals surface area contributed by atoms with Gasteiger partial charge in [0.25, 0.3) is 0 Å². The number of fused-ring (bicyclic) bond motifs is 1. The summed E-state index contributed by atoms with van der Waals surface area (Å²) in [7, 11) is 5.82. The lowest BCUT2D eigenvalue weighted by Crippen LogP contribution is -2.51. The van der Waals surface area contributed by atoms with Gasteiger partial charge in [0.2, 0.25) is 0 Å². The number of rotatable bonds is 4. The van der Waals surface area contributed by atoms with E-state index in [1.807, 2.05) is 14.2 Å². The van der Waals surface area contributed by atoms with Crippen LogP contribution in [0.15, 0.2) is 0 Å². The van der Waals surface area contributed by atoms with Crippen LogP contribution in [0, 0.1) is 13.8 Å². The van der Waals surface area contributed by atoms with Crippen molar-refractivity contribution in [1.82, 2.24) is 14.5 Å². The first-order valence-corrected chi connectivity index (χ1v) is 8.31. The van der Waals surface area contributed by atoms with Crippen LogP contribution in [0.5, 0.6) is 0 Å². The maximum atomic E-state index is 6.00. The summed E-state index contributed by atoms with van der Waals surface area (Å²) < 4.78 is 13.9. The molecule has 5 heteroatoms. The number of imidazole rings is 1. The quantitative estimate of drug-likeness (QED) is 0.855. The minimum absolute atomic E-state index is 0.0181. The summed E-state index contributed by atoms with van der Waals surface area (Å²) in [6, 6.07) is 0.438. The third-order valence-corrected chi connectivity index (χ3v) is 6.04. The van der Waals surface area contributed by atoms with Gasteiger partial charge in [0.15, 0.2) is 0 Å². The van der Waals surface area contributed by atoms with Gasteiger partial charge in [-0.15, -0.1) is 0 Å². The predicted molar refractivity (Wildman–Crippen MR) is 85.9 cm³/mol. The third kappa shape index (κ3) is 2.49. The molecule has 2 aliphatic rings. The first kappa shape index (κ1) is 16.0. The molecule has 3 atom stereocenters. The van der Waals surface area contributed by atoms with E-state index >= 15 is 0 Å². The summed E-state index contributed by atoms with van der Waals surface area (Å²) in [6.45, 7) is 6.21. The first-order valence-electron chi connectivity index (χ1n) is 8.31. The second-order valence-corrected chi connectivity index (χ2v) is 6.90. The molecule has 0 aromatic carbocycles. The summed E-state index contributed by atoms with van der Waals surface area (Å²) in [6.07, 6.45) is 4.75. The normalized spacial score (nSPS) is 32.4. The second-order valence-electron chi connectivity index (χ2n) is 6.90. The summed E-state index contributed by atoms with van der Waals surface area (Å²) in [5.74, 6) is 1.15. The van der Waals surface area contributed by atoms with Crippen molar-refractivity contribution >= 4 is 0 Å². The van der Waals surface area contributed by atoms with Crippen molar-refractivity contribution in [3.8, 4) is 0 Å². The zero-order valence-corrected chi connectivity index (χ0v) is 14.6. The molecule has 0 N–H and O–H groups in total. The molecule has 2 heterocycles. The number of hydrogen-bond donors (Lipinski definition) is 0. The SMILES string of the molecule is CO[C@H]1CC[C@@]2(OC)CCN(Cc3nc(C)c(C)n3C)[C@H]2C1. The van der Waals surface area contributed by atoms with Crippen molar-refractivity contribution in [3.05, 3.63) is 17.2 Å². The number of likely N-dealkylation sites (tertiary alicyclic amines) is 1. The summed E-state index contributed by atoms with van der Waals surface area (Å²) in [5.41, 5.74) is 2.41. The van der Waals surface area contributed by atoms with Gasteiger partial charge in [-0.25, -0.2) is 4.98 Å². The largest absolute Gasteiger partial charge is 0.381 e. The lowest BCUT2D eigenvalue weighted by Gasteiger charge is -2.43. The molecule has 5 nitrogen and oxygen atoms in total. The molecular formula is C17H29N3O2. The highest BCUT2D eigenvalue weighted by atomic mass is 16.5. The van der Waals surface area contributed by atoms with Gasteiger partial charge in [0, 0.05) is 39.5 Å². The van der Waals surface area contributed by atoms with Gasteiger partial charge >= 0.3 is 0 Å². The molecule has 0 radical (unpaired) electrons. The summed E-state index contributed by atoms with van der Waals surface area (Å²) in [4.78, 5) is 7.30. The molecule has 1 saturated heterocycles. The molecule has 2 fully saturated rings. The topological polar surface area (TPSA) is 39.5 Å². The van der Waals surface area contributed by atoms with Crippen LogP contribution in [0.3, 0.4) is 0 Å². The van der Waals surface area contributed by atoms with Crippen molar-refractivity contribution in [1.29, 1.82) is 0 Å². The lowest BCUT2D eigenvalue weighted by atomic mass is 9.79. The van der Waals surface area contributed by atoms with E-state index in [4.69, 9.17) is 14.5 Å². The van der Waals surface area contributed by atoms with E-state index in [2.05, 4.69) is 30.4 Å². The maximum Gasteiger partial charge on any atom is 0.123 e. The Hall–Kier alpha value is -0.910. The molecule has 124 valence electrons. The average Bonchev–Trinajstić information content (AvgIpc) is 3.01. The average molecular weight is 307 g/mol. The molecular weight excluding hydrogens is 278 g/mol. The standard InChI is InChI=1S/C17H29N3O2/c1-12-13(2)19(3)16(18-12)11-20-9-8-17(22-5)7-6-14(21-4)10-15(17)20/h14-15H,6-11H2,1-5H3/t14-,15-,17+/m0/s1. The summed E-state index contributed by atoms with van der Waals surface area (Å²) >= 11 is 0. The first-order chi connectivity index (χ1) is 10.5. The van der Waals surface area contributed by atoms with Crippen LogP contribution in [0.2, 0.25) is 0 Å². The van der Waals surface area contributed by atoms with Crippen LogP contribution < -0.4 is 0 Å². The van der Waals surface area contributed by atoms with Crippen LogP contribution in [0.1, 0.15) is 42.9 Å². The van der Waals surface area contributed by atoms with Crippen LogP contribution in [-0.4, -0.2) is 53.0 Å². The van der Waals surface area contributed by atoms with Gasteiger partial charge in [-0.2, -0.15) is 0 Å². The highest BCUT2D eigenvalue weighted by Crippen LogP contribution is 2.43. The Balaban J connectivity index is 1.80. The van der Waals surface area contributed by atoms with Gasteiger partial charge in [-0.3, -0.25) is 4.90 Å². The van der Waals surface area contributed by atoms with E-state index < -0.39 is 0 Å². The highest BCUT2D eigenvalue weighted by molar-refractivity contribution is 5.14. The molecule has 1 aliphatic carbocycles. The van der Waals surface area contributed by atoms with Gasteiger partial charge < -0.3 is 14.0 Å². The number of methoxy groups -OCH3 is 2. The monoisotopic (exact) mass is 307 g/mol. The fraction of sp³-hybridized carbons (Fsp3) is 0.824. The molecule has 0 bridgehead atoms. The molecule has 3 rings (SSSR count). The van der Waals surface area contributed by atoms with E-state index in [1.165, 1.54) is 5.69 Å². The van der Waals surface area contributed by atoms with E-state index in [-0.39, 0.29) is 5.60 Å². The third-order valence-electron chi connectivity index (χ3n) is 6.04. The molecule has 1 aromatic rings. The van der Waals surface area contributed by atoms with Gasteiger partial charge in [0.1, 0.15) is 5.82 Å². The van der Waals surface area contributed by atoms with E-state index in [9.17, 15) is 0 Å². The molecule has 1 aliphatic heterocycles. The van der Waals surface area contributed by atoms with E-state index in [0.717, 1.165) is 50.3 Å². The fourth-order valence-corrected chi connectivity index (χ4v) is 4.27. The van der Waals surface area contributed by atoms with Gasteiger partial charge in [-0.05, 0) is 39.5 Å². The number of nitrogens with zero attached hydrogens (tertiary/aromatic N) is 3. The predicted octanol–water partition coefficient (Wildman–Crippen LogP) is 2.20. The zero-order chi connectivity index (χ0) is 15.9. The zero-order valence-electron chi connectivity index (χ0n) is 14.6. The molecule has 1 aromatic heterocycles. The Labute approximate surface area is 133 Å². The Morgan fingerprint density at radius 1 is 1.27 bits per heavy atom. The van der Waals surface area contributed by atoms with Crippen molar-refractivity contribution in [2.75, 3.05) is 20.8 Å². The van der Waals surface area contributed by atoms with E-state index in [0.29, 0.717) is 12.1 Å². The van der Waals surface area contributed by atoms with Crippen molar-refractivity contribution in [2.45, 2.75) is 63.8 Å². The Morgan fingerprint density at radius 2 is 2.05 bits per heavy atom. The number of ether oxygens (including phenoxy) is 2. The minimum atomic E-state index is 0.0181. The molecule has 22 heavy (non-hydrogen) atoms. The fourth-order valence-electron chi connectivity index (χ4n) is 4.27. The smallest absolute Gasteiger partial charge is 0.123 e. The van der Waals surface area contributed by atoms with Gasteiger partial charge in [-0.1, -0.05) is 0 Å². The summed E-state index contributed by atoms with van der Waals surface area (Å²) in [5, 5.41) is 0. The second kappa shape index (κ2) is 5.95. The molecule has 0 spiro atoms. The number of aromatic nitrogens is 2. The molecule has 0 amide bonds. The molecule has 1 saturated carbocycles. The molecule has 0 unspecified atom stereocenters. The van der Waals surface area contributed by atoms with Gasteiger partial charge in [0.05, 0.1) is 23.9 Å². The maximum absolute atomic E-state index is 6.00. The van der Waals surface area contributed by atoms with Crippen LogP contribution >= 0.6 is 0 Å². The van der Waals surface area contributed by atoms with Crippen LogP contribution in [-0.2, 0) is 23.1 Å². The highest BCUT2D eigenvalue weighted by Gasteiger charge is 2.51. The Morgan fingerprint density at radius 3 is 2.64 bits per heavy atom. The van der Waals surface area contributed by atoms with Crippen molar-refractivity contribution < 1.29 is 9.47 Å². The number of aryl methyl sites for hydroxylation is 1. The number of hydrogen-bond acceptors (Lipinski definition) is 4. The van der Waals surface area contributed by atoms with E-state index in [1.54, 1.807) is 0 Å². The van der Waals surface area contributed by atoms with Crippen molar-refractivity contribution in [2.24, 2.45) is 7.05 Å². The Kier molecular flexibility index (Phi) is 4.32.